The largest absolute Gasteiger partial charge is 0.497 e. The van der Waals surface area contributed by atoms with Gasteiger partial charge in [-0.15, -0.1) is 0 Å². The zero-order valence-electron chi connectivity index (χ0n) is 24.6. The van der Waals surface area contributed by atoms with Gasteiger partial charge < -0.3 is 15.0 Å². The van der Waals surface area contributed by atoms with Crippen molar-refractivity contribution in [2.75, 3.05) is 7.11 Å². The summed E-state index contributed by atoms with van der Waals surface area (Å²) < 4.78 is 33.1. The molecule has 2 N–H and O–H groups in total. The highest BCUT2D eigenvalue weighted by Crippen LogP contribution is 2.27. The minimum atomic E-state index is -3.56. The molecule has 1 aliphatic rings. The summed E-state index contributed by atoms with van der Waals surface area (Å²) in [6.07, 6.45) is 3.89. The standard InChI is InChI=1S/C34H36N4O5S/c1-43-30-17-10-26(11-18-30)24-38(32(39)21-14-25-12-19-31(20-13-25)44(41,42)37-28-15-16-28)33(27-7-3-2-4-8-27)34(40)36-23-29-9-5-6-22-35-29/h2-13,17-20,22,28,33,37H,14-16,21,23-24H2,1H3,(H,36,40)/t33-/m1/s1. The van der Waals surface area contributed by atoms with Crippen LogP contribution < -0.4 is 14.8 Å². The maximum atomic E-state index is 14.0. The van der Waals surface area contributed by atoms with Crippen molar-refractivity contribution in [1.29, 1.82) is 0 Å². The number of benzene rings is 3. The number of sulfonamides is 1. The van der Waals surface area contributed by atoms with Crippen molar-refractivity contribution in [3.05, 3.63) is 126 Å². The van der Waals surface area contributed by atoms with E-state index in [2.05, 4.69) is 15.0 Å². The lowest BCUT2D eigenvalue weighted by molar-refractivity contribution is -0.141. The van der Waals surface area contributed by atoms with Crippen molar-refractivity contribution >= 4 is 21.8 Å². The van der Waals surface area contributed by atoms with Crippen molar-refractivity contribution in [1.82, 2.24) is 19.9 Å². The third kappa shape index (κ3) is 8.30. The van der Waals surface area contributed by atoms with Crippen LogP contribution in [0.15, 0.2) is 108 Å². The fourth-order valence-corrected chi connectivity index (χ4v) is 6.16. The Morgan fingerprint density at radius 2 is 1.59 bits per heavy atom. The Morgan fingerprint density at radius 3 is 2.23 bits per heavy atom. The molecule has 0 aliphatic heterocycles. The highest BCUT2D eigenvalue weighted by Gasteiger charge is 2.32. The first-order valence-electron chi connectivity index (χ1n) is 14.6. The molecule has 4 aromatic rings. The fraction of sp³-hybridized carbons (Fsp3) is 0.265. The van der Waals surface area contributed by atoms with Crippen LogP contribution in [0.25, 0.3) is 0 Å². The summed E-state index contributed by atoms with van der Waals surface area (Å²) in [6, 6.07) is 27.9. The molecule has 228 valence electrons. The lowest BCUT2D eigenvalue weighted by Crippen LogP contribution is -2.43. The molecular weight excluding hydrogens is 576 g/mol. The number of carbonyl (C=O) groups excluding carboxylic acids is 2. The SMILES string of the molecule is COc1ccc(CN(C(=O)CCc2ccc(S(=O)(=O)NC3CC3)cc2)[C@@H](C(=O)NCc2ccccn2)c2ccccc2)cc1. The Balaban J connectivity index is 1.37. The van der Waals surface area contributed by atoms with Crippen LogP contribution >= 0.6 is 0 Å². The first-order chi connectivity index (χ1) is 21.3. The van der Waals surface area contributed by atoms with Crippen molar-refractivity contribution in [3.8, 4) is 5.75 Å². The Morgan fingerprint density at radius 1 is 0.909 bits per heavy atom. The number of rotatable bonds is 14. The highest BCUT2D eigenvalue weighted by atomic mass is 32.2. The minimum absolute atomic E-state index is 0.0210. The van der Waals surface area contributed by atoms with Gasteiger partial charge >= 0.3 is 0 Å². The molecule has 1 heterocycles. The van der Waals surface area contributed by atoms with Crippen LogP contribution in [0.2, 0.25) is 0 Å². The number of nitrogens with one attached hydrogen (secondary N) is 2. The summed E-state index contributed by atoms with van der Waals surface area (Å²) in [6.45, 7) is 0.418. The molecule has 0 bridgehead atoms. The van der Waals surface area contributed by atoms with Gasteiger partial charge in [0.1, 0.15) is 11.8 Å². The Labute approximate surface area is 258 Å². The van der Waals surface area contributed by atoms with Crippen molar-refractivity contribution in [3.63, 3.8) is 0 Å². The number of amides is 2. The number of aromatic nitrogens is 1. The lowest BCUT2D eigenvalue weighted by Gasteiger charge is -2.32. The summed E-state index contributed by atoms with van der Waals surface area (Å²) in [7, 11) is -1.97. The van der Waals surface area contributed by atoms with Crippen LogP contribution in [0.4, 0.5) is 0 Å². The molecule has 1 aliphatic carbocycles. The van der Waals surface area contributed by atoms with Gasteiger partial charge in [-0.1, -0.05) is 60.7 Å². The van der Waals surface area contributed by atoms with Gasteiger partial charge in [-0.05, 0) is 72.4 Å². The average molecular weight is 613 g/mol. The molecular formula is C34H36N4O5S. The maximum Gasteiger partial charge on any atom is 0.247 e. The van der Waals surface area contributed by atoms with Gasteiger partial charge in [0.05, 0.1) is 24.2 Å². The van der Waals surface area contributed by atoms with Crippen LogP contribution in [0.5, 0.6) is 5.75 Å². The van der Waals surface area contributed by atoms with Crippen LogP contribution in [-0.4, -0.2) is 43.3 Å². The number of hydrogen-bond acceptors (Lipinski definition) is 6. The molecule has 1 aromatic heterocycles. The highest BCUT2D eigenvalue weighted by molar-refractivity contribution is 7.89. The van der Waals surface area contributed by atoms with E-state index in [4.69, 9.17) is 4.74 Å². The van der Waals surface area contributed by atoms with Crippen LogP contribution in [0.1, 0.15) is 47.7 Å². The predicted molar refractivity (Wildman–Crippen MR) is 167 cm³/mol. The summed E-state index contributed by atoms with van der Waals surface area (Å²) in [5.41, 5.74) is 3.06. The molecule has 0 radical (unpaired) electrons. The normalized spacial score (nSPS) is 13.6. The topological polar surface area (TPSA) is 118 Å². The molecule has 0 spiro atoms. The van der Waals surface area contributed by atoms with E-state index in [0.717, 1.165) is 24.0 Å². The zero-order valence-corrected chi connectivity index (χ0v) is 25.4. The van der Waals surface area contributed by atoms with E-state index < -0.39 is 16.1 Å². The van der Waals surface area contributed by atoms with E-state index in [1.807, 2.05) is 72.8 Å². The number of carbonyl (C=O) groups is 2. The molecule has 1 saturated carbocycles. The van der Waals surface area contributed by atoms with Gasteiger partial charge in [0.15, 0.2) is 0 Å². The van der Waals surface area contributed by atoms with Crippen LogP contribution in [-0.2, 0) is 39.1 Å². The molecule has 1 atom stereocenters. The second-order valence-electron chi connectivity index (χ2n) is 10.8. The van der Waals surface area contributed by atoms with E-state index in [1.165, 1.54) is 0 Å². The molecule has 5 rings (SSSR count). The summed E-state index contributed by atoms with van der Waals surface area (Å²) >= 11 is 0. The van der Waals surface area contributed by atoms with E-state index in [-0.39, 0.29) is 42.3 Å². The smallest absolute Gasteiger partial charge is 0.247 e. The summed E-state index contributed by atoms with van der Waals surface area (Å²) in [5, 5.41) is 2.97. The van der Waals surface area contributed by atoms with Crippen molar-refractivity contribution in [2.24, 2.45) is 0 Å². The molecule has 3 aromatic carbocycles. The van der Waals surface area contributed by atoms with E-state index in [0.29, 0.717) is 23.4 Å². The monoisotopic (exact) mass is 612 g/mol. The van der Waals surface area contributed by atoms with Gasteiger partial charge in [-0.3, -0.25) is 14.6 Å². The second kappa shape index (κ2) is 14.3. The number of hydrogen-bond donors (Lipinski definition) is 2. The number of ether oxygens (including phenoxy) is 1. The summed E-state index contributed by atoms with van der Waals surface area (Å²) in [4.78, 5) is 33.9. The van der Waals surface area contributed by atoms with E-state index in [9.17, 15) is 18.0 Å². The van der Waals surface area contributed by atoms with Gasteiger partial charge in [-0.25, -0.2) is 13.1 Å². The van der Waals surface area contributed by atoms with Crippen molar-refractivity contribution in [2.45, 2.75) is 55.8 Å². The van der Waals surface area contributed by atoms with E-state index in [1.54, 1.807) is 42.5 Å². The second-order valence-corrected chi connectivity index (χ2v) is 12.5. The first-order valence-corrected chi connectivity index (χ1v) is 16.1. The Kier molecular flexibility index (Phi) is 10.0. The summed E-state index contributed by atoms with van der Waals surface area (Å²) in [5.74, 6) is 0.160. The van der Waals surface area contributed by atoms with Gasteiger partial charge in [0.2, 0.25) is 21.8 Å². The van der Waals surface area contributed by atoms with Gasteiger partial charge in [0, 0.05) is 25.2 Å². The molecule has 9 nitrogen and oxygen atoms in total. The predicted octanol–water partition coefficient (Wildman–Crippen LogP) is 4.55. The Hall–Kier alpha value is -4.54. The zero-order chi connectivity index (χ0) is 30.9. The minimum Gasteiger partial charge on any atom is -0.497 e. The fourth-order valence-electron chi connectivity index (χ4n) is 4.86. The van der Waals surface area contributed by atoms with E-state index >= 15 is 0 Å². The molecule has 0 unspecified atom stereocenters. The van der Waals surface area contributed by atoms with Crippen molar-refractivity contribution < 1.29 is 22.7 Å². The Bertz CT molecular complexity index is 1640. The number of methoxy groups -OCH3 is 1. The number of pyridine rings is 1. The van der Waals surface area contributed by atoms with Crippen LogP contribution in [0.3, 0.4) is 0 Å². The van der Waals surface area contributed by atoms with Gasteiger partial charge in [-0.2, -0.15) is 0 Å². The quantitative estimate of drug-likeness (QED) is 0.216. The number of aryl methyl sites for hydroxylation is 1. The van der Waals surface area contributed by atoms with Gasteiger partial charge in [0.25, 0.3) is 0 Å². The third-order valence-electron chi connectivity index (χ3n) is 7.44. The number of nitrogens with zero attached hydrogens (tertiary/aromatic N) is 2. The molecule has 44 heavy (non-hydrogen) atoms. The average Bonchev–Trinajstić information content (AvgIpc) is 3.87. The third-order valence-corrected chi connectivity index (χ3v) is 8.97. The maximum absolute atomic E-state index is 14.0. The lowest BCUT2D eigenvalue weighted by atomic mass is 10.0. The first kappa shape index (κ1) is 30.9. The molecule has 1 fully saturated rings. The molecule has 10 heteroatoms. The molecule has 0 saturated heterocycles. The molecule has 2 amide bonds. The van der Waals surface area contributed by atoms with Crippen LogP contribution in [0, 0.1) is 0 Å².